The number of methoxy groups -OCH3 is 1. The molecule has 3 aromatic heterocycles. The highest BCUT2D eigenvalue weighted by molar-refractivity contribution is 6.37. The molecule has 0 aliphatic rings. The summed E-state index contributed by atoms with van der Waals surface area (Å²) in [4.78, 5) is 18.3. The summed E-state index contributed by atoms with van der Waals surface area (Å²) in [5, 5.41) is 8.50. The van der Waals surface area contributed by atoms with E-state index < -0.39 is 5.97 Å². The fourth-order valence-corrected chi connectivity index (χ4v) is 1.91. The van der Waals surface area contributed by atoms with E-state index in [4.69, 9.17) is 16.0 Å². The van der Waals surface area contributed by atoms with E-state index in [0.29, 0.717) is 16.2 Å². The third-order valence-electron chi connectivity index (χ3n) is 2.54. The molecule has 0 aliphatic carbocycles. The summed E-state index contributed by atoms with van der Waals surface area (Å²) in [6.45, 7) is 0. The maximum Gasteiger partial charge on any atom is 0.396 e. The normalized spacial score (nSPS) is 10.8. The van der Waals surface area contributed by atoms with Gasteiger partial charge in [-0.1, -0.05) is 11.6 Å². The van der Waals surface area contributed by atoms with Gasteiger partial charge in [0.25, 0.3) is 5.89 Å². The lowest BCUT2D eigenvalue weighted by atomic mass is 10.2. The lowest BCUT2D eigenvalue weighted by Crippen LogP contribution is -2.00. The molecule has 3 heterocycles. The van der Waals surface area contributed by atoms with Crippen molar-refractivity contribution in [1.29, 1.82) is 0 Å². The molecule has 0 atom stereocenters. The quantitative estimate of drug-likeness (QED) is 0.721. The summed E-state index contributed by atoms with van der Waals surface area (Å²) in [6, 6.07) is 1.78. The van der Waals surface area contributed by atoms with Gasteiger partial charge in [0.05, 0.1) is 17.7 Å². The zero-order valence-corrected chi connectivity index (χ0v) is 10.4. The second-order valence-corrected chi connectivity index (χ2v) is 4.01. The van der Waals surface area contributed by atoms with Crippen LogP contribution in [0.5, 0.6) is 0 Å². The Balaban J connectivity index is 2.11. The van der Waals surface area contributed by atoms with E-state index >= 15 is 0 Å². The highest BCUT2D eigenvalue weighted by atomic mass is 35.5. The van der Waals surface area contributed by atoms with Crippen molar-refractivity contribution < 1.29 is 13.9 Å². The standard InChI is InChI=1S/C11H7ClN4O3/c1-18-11(17)10-16-15-9(19-10)6-4-14-8-5(7(6)12)2-3-13-8/h2-4H,1H3,(H,13,14). The lowest BCUT2D eigenvalue weighted by molar-refractivity contribution is 0.0556. The Labute approximate surface area is 111 Å². The zero-order valence-electron chi connectivity index (χ0n) is 9.68. The summed E-state index contributed by atoms with van der Waals surface area (Å²) in [6.07, 6.45) is 3.22. The van der Waals surface area contributed by atoms with Crippen molar-refractivity contribution in [1.82, 2.24) is 20.2 Å². The van der Waals surface area contributed by atoms with Crippen molar-refractivity contribution in [3.05, 3.63) is 29.4 Å². The molecule has 0 unspecified atom stereocenters. The highest BCUT2D eigenvalue weighted by Crippen LogP contribution is 2.31. The van der Waals surface area contributed by atoms with Gasteiger partial charge in [-0.3, -0.25) is 0 Å². The molecule has 0 radical (unpaired) electrons. The lowest BCUT2D eigenvalue weighted by Gasteiger charge is -1.99. The number of H-pyrrole nitrogens is 1. The van der Waals surface area contributed by atoms with Crippen LogP contribution >= 0.6 is 11.6 Å². The maximum absolute atomic E-state index is 11.2. The van der Waals surface area contributed by atoms with Gasteiger partial charge in [-0.2, -0.15) is 0 Å². The molecule has 0 saturated carbocycles. The van der Waals surface area contributed by atoms with Gasteiger partial charge < -0.3 is 14.1 Å². The van der Waals surface area contributed by atoms with E-state index in [1.807, 2.05) is 0 Å². The van der Waals surface area contributed by atoms with Crippen LogP contribution in [0.2, 0.25) is 5.02 Å². The van der Waals surface area contributed by atoms with Gasteiger partial charge in [0, 0.05) is 17.8 Å². The molecule has 0 saturated heterocycles. The summed E-state index contributed by atoms with van der Waals surface area (Å²) in [7, 11) is 1.23. The van der Waals surface area contributed by atoms with Crippen LogP contribution < -0.4 is 0 Å². The second kappa shape index (κ2) is 4.36. The minimum Gasteiger partial charge on any atom is -0.462 e. The van der Waals surface area contributed by atoms with Crippen molar-refractivity contribution in [3.63, 3.8) is 0 Å². The van der Waals surface area contributed by atoms with Crippen LogP contribution in [0.3, 0.4) is 0 Å². The first-order valence-corrected chi connectivity index (χ1v) is 5.62. The van der Waals surface area contributed by atoms with Crippen molar-refractivity contribution in [3.8, 4) is 11.5 Å². The third kappa shape index (κ3) is 1.84. The molecule has 19 heavy (non-hydrogen) atoms. The Morgan fingerprint density at radius 2 is 2.32 bits per heavy atom. The Morgan fingerprint density at radius 1 is 1.47 bits per heavy atom. The number of esters is 1. The number of nitrogens with zero attached hydrogens (tertiary/aromatic N) is 3. The monoisotopic (exact) mass is 278 g/mol. The average molecular weight is 279 g/mol. The van der Waals surface area contributed by atoms with Crippen LogP contribution in [0.25, 0.3) is 22.5 Å². The van der Waals surface area contributed by atoms with Crippen LogP contribution in [0.15, 0.2) is 22.9 Å². The van der Waals surface area contributed by atoms with Gasteiger partial charge in [-0.15, -0.1) is 10.2 Å². The molecule has 0 spiro atoms. The van der Waals surface area contributed by atoms with Gasteiger partial charge in [-0.25, -0.2) is 9.78 Å². The number of carbonyl (C=O) groups excluding carboxylic acids is 1. The van der Waals surface area contributed by atoms with Gasteiger partial charge >= 0.3 is 11.9 Å². The van der Waals surface area contributed by atoms with Crippen molar-refractivity contribution in [2.24, 2.45) is 0 Å². The first-order valence-electron chi connectivity index (χ1n) is 5.24. The molecule has 0 fully saturated rings. The minimum atomic E-state index is -0.703. The first kappa shape index (κ1) is 11.7. The SMILES string of the molecule is COC(=O)c1nnc(-c2cnc3[nH]ccc3c2Cl)o1. The number of ether oxygens (including phenoxy) is 1. The molecule has 96 valence electrons. The zero-order chi connectivity index (χ0) is 13.4. The van der Waals surface area contributed by atoms with Gasteiger partial charge in [0.2, 0.25) is 0 Å². The van der Waals surface area contributed by atoms with Crippen LogP contribution in [-0.2, 0) is 4.74 Å². The van der Waals surface area contributed by atoms with Crippen LogP contribution in [-0.4, -0.2) is 33.2 Å². The van der Waals surface area contributed by atoms with Gasteiger partial charge in [0.15, 0.2) is 0 Å². The van der Waals surface area contributed by atoms with Crippen molar-refractivity contribution in [2.75, 3.05) is 7.11 Å². The average Bonchev–Trinajstić information content (AvgIpc) is 3.07. The molecular formula is C11H7ClN4O3. The number of fused-ring (bicyclic) bond motifs is 1. The molecule has 0 amide bonds. The van der Waals surface area contributed by atoms with Crippen molar-refractivity contribution >= 4 is 28.6 Å². The molecule has 0 aromatic carbocycles. The van der Waals surface area contributed by atoms with Crippen molar-refractivity contribution in [2.45, 2.75) is 0 Å². The number of carbonyl (C=O) groups is 1. The molecule has 1 N–H and O–H groups in total. The fourth-order valence-electron chi connectivity index (χ4n) is 1.63. The maximum atomic E-state index is 11.2. The van der Waals surface area contributed by atoms with Crippen LogP contribution in [0.4, 0.5) is 0 Å². The summed E-state index contributed by atoms with van der Waals surface area (Å²) >= 11 is 6.24. The number of hydrogen-bond acceptors (Lipinski definition) is 6. The number of pyridine rings is 1. The molecule has 0 aliphatic heterocycles. The minimum absolute atomic E-state index is 0.112. The van der Waals surface area contributed by atoms with Crippen LogP contribution in [0.1, 0.15) is 10.7 Å². The number of rotatable bonds is 2. The first-order chi connectivity index (χ1) is 9.20. The largest absolute Gasteiger partial charge is 0.462 e. The molecular weight excluding hydrogens is 272 g/mol. The van der Waals surface area contributed by atoms with E-state index in [1.165, 1.54) is 13.3 Å². The molecule has 0 bridgehead atoms. The van der Waals surface area contributed by atoms with E-state index in [-0.39, 0.29) is 11.8 Å². The predicted octanol–water partition coefficient (Wildman–Crippen LogP) is 2.05. The Morgan fingerprint density at radius 3 is 3.11 bits per heavy atom. The van der Waals surface area contributed by atoms with Crippen LogP contribution in [0, 0.1) is 0 Å². The molecule has 3 aromatic rings. The number of halogens is 1. The summed E-state index contributed by atoms with van der Waals surface area (Å²) in [5.74, 6) is -0.825. The van der Waals surface area contributed by atoms with E-state index in [9.17, 15) is 4.79 Å². The number of hydrogen-bond donors (Lipinski definition) is 1. The van der Waals surface area contributed by atoms with E-state index in [0.717, 1.165) is 5.39 Å². The summed E-state index contributed by atoms with van der Waals surface area (Å²) in [5.41, 5.74) is 1.11. The molecule has 8 heteroatoms. The fraction of sp³-hybridized carbons (Fsp3) is 0.0909. The topological polar surface area (TPSA) is 93.9 Å². The van der Waals surface area contributed by atoms with E-state index in [1.54, 1.807) is 12.3 Å². The third-order valence-corrected chi connectivity index (χ3v) is 2.94. The Hall–Kier alpha value is -2.41. The Kier molecular flexibility index (Phi) is 2.68. The van der Waals surface area contributed by atoms with E-state index in [2.05, 4.69) is 24.9 Å². The molecule has 7 nitrogen and oxygen atoms in total. The number of aromatic amines is 1. The smallest absolute Gasteiger partial charge is 0.396 e. The number of nitrogens with one attached hydrogen (secondary N) is 1. The predicted molar refractivity (Wildman–Crippen MR) is 65.7 cm³/mol. The Bertz CT molecular complexity index is 764. The molecule has 3 rings (SSSR count). The summed E-state index contributed by atoms with van der Waals surface area (Å²) < 4.78 is 9.68. The van der Waals surface area contributed by atoms with Gasteiger partial charge in [-0.05, 0) is 6.07 Å². The van der Waals surface area contributed by atoms with Gasteiger partial charge in [0.1, 0.15) is 5.65 Å². The second-order valence-electron chi connectivity index (χ2n) is 3.63. The highest BCUT2D eigenvalue weighted by Gasteiger charge is 2.19. The number of aromatic nitrogens is 4.